The third-order valence-electron chi connectivity index (χ3n) is 7.13. The highest BCUT2D eigenvalue weighted by molar-refractivity contribution is 5.44. The van der Waals surface area contributed by atoms with E-state index < -0.39 is 31.2 Å². The number of hydrogen-bond donors (Lipinski definition) is 2. The van der Waals surface area contributed by atoms with Crippen molar-refractivity contribution in [3.63, 3.8) is 0 Å². The van der Waals surface area contributed by atoms with E-state index in [9.17, 15) is 23.4 Å². The van der Waals surface area contributed by atoms with E-state index in [2.05, 4.69) is 4.90 Å². The minimum absolute atomic E-state index is 0.146. The van der Waals surface area contributed by atoms with E-state index in [1.807, 2.05) is 49.4 Å². The molecule has 2 aliphatic rings. The number of alkyl halides is 3. The van der Waals surface area contributed by atoms with E-state index >= 15 is 0 Å². The second-order valence-corrected chi connectivity index (χ2v) is 9.97. The summed E-state index contributed by atoms with van der Waals surface area (Å²) in [7, 11) is 0. The van der Waals surface area contributed by atoms with Crippen molar-refractivity contribution < 1.29 is 28.1 Å². The van der Waals surface area contributed by atoms with Crippen molar-refractivity contribution in [1.82, 2.24) is 9.80 Å². The fourth-order valence-corrected chi connectivity index (χ4v) is 5.13. The molecule has 192 valence electrons. The highest BCUT2D eigenvalue weighted by Gasteiger charge is 2.40. The van der Waals surface area contributed by atoms with Gasteiger partial charge in [-0.25, -0.2) is 8.78 Å². The first kappa shape index (κ1) is 25.9. The summed E-state index contributed by atoms with van der Waals surface area (Å²) in [5.41, 5.74) is 3.62. The van der Waals surface area contributed by atoms with Crippen LogP contribution in [0.5, 0.6) is 5.75 Å². The lowest BCUT2D eigenvalue weighted by atomic mass is 9.83. The first-order valence-corrected chi connectivity index (χ1v) is 12.3. The van der Waals surface area contributed by atoms with E-state index in [4.69, 9.17) is 4.74 Å². The van der Waals surface area contributed by atoms with Gasteiger partial charge in [0.2, 0.25) is 0 Å². The van der Waals surface area contributed by atoms with Gasteiger partial charge in [0.15, 0.2) is 0 Å². The maximum atomic E-state index is 14.3. The number of fused-ring (bicyclic) bond motifs is 1. The minimum Gasteiger partial charge on any atom is -0.492 e. The molecule has 2 aliphatic heterocycles. The van der Waals surface area contributed by atoms with Crippen molar-refractivity contribution in [3.8, 4) is 5.75 Å². The van der Waals surface area contributed by atoms with Gasteiger partial charge in [0.05, 0.1) is 25.4 Å². The SMILES string of the molecule is C[C@H](O)c1ccc2c(c1)C[C@@H](C)N(CC(F)(F)CO)[C@@H]2c1ccc(OCCN2CC(CF)C2)cc1. The zero-order valence-corrected chi connectivity index (χ0v) is 20.3. The molecule has 2 N–H and O–H groups in total. The summed E-state index contributed by atoms with van der Waals surface area (Å²) in [6.45, 7) is 4.36. The molecular formula is C27H35F3N2O3. The standard InChI is InChI=1S/C27H35F3N2O3/c1-18-11-23-12-22(19(2)34)5-8-25(23)26(32(18)16-27(29,30)17-33)21-3-6-24(7-4-21)35-10-9-31-14-20(13-28)15-31/h3-8,12,18-20,26,33-34H,9-11,13-17H2,1-2H3/t18-,19+,26-/m1/s1. The molecule has 5 nitrogen and oxygen atoms in total. The Hall–Kier alpha value is -2.13. The molecule has 1 fully saturated rings. The highest BCUT2D eigenvalue weighted by atomic mass is 19.3. The van der Waals surface area contributed by atoms with Crippen LogP contribution < -0.4 is 4.74 Å². The van der Waals surface area contributed by atoms with Gasteiger partial charge in [-0.1, -0.05) is 30.3 Å². The van der Waals surface area contributed by atoms with Gasteiger partial charge in [-0.3, -0.25) is 14.2 Å². The predicted molar refractivity (Wildman–Crippen MR) is 129 cm³/mol. The van der Waals surface area contributed by atoms with Gasteiger partial charge in [0.25, 0.3) is 5.92 Å². The average Bonchev–Trinajstić information content (AvgIpc) is 2.81. The average molecular weight is 493 g/mol. The van der Waals surface area contributed by atoms with Crippen molar-refractivity contribution in [2.75, 3.05) is 46.1 Å². The van der Waals surface area contributed by atoms with E-state index in [1.54, 1.807) is 11.8 Å². The molecule has 3 atom stereocenters. The summed E-state index contributed by atoms with van der Waals surface area (Å²) < 4.78 is 47.1. The summed E-state index contributed by atoms with van der Waals surface area (Å²) in [5.74, 6) is -2.38. The van der Waals surface area contributed by atoms with Gasteiger partial charge in [-0.15, -0.1) is 0 Å². The monoisotopic (exact) mass is 492 g/mol. The minimum atomic E-state index is -3.22. The lowest BCUT2D eigenvalue weighted by Crippen LogP contribution is -2.49. The maximum Gasteiger partial charge on any atom is 0.283 e. The number of halogens is 3. The normalized spacial score (nSPS) is 22.5. The smallest absolute Gasteiger partial charge is 0.283 e. The first-order chi connectivity index (χ1) is 16.7. The Labute approximate surface area is 205 Å². The van der Waals surface area contributed by atoms with Crippen LogP contribution in [-0.4, -0.2) is 78.0 Å². The molecule has 0 bridgehead atoms. The van der Waals surface area contributed by atoms with E-state index in [-0.39, 0.29) is 18.6 Å². The number of nitrogens with zero attached hydrogens (tertiary/aromatic N) is 2. The van der Waals surface area contributed by atoms with Crippen LogP contribution in [0, 0.1) is 5.92 Å². The summed E-state index contributed by atoms with van der Waals surface area (Å²) in [5, 5.41) is 19.2. The van der Waals surface area contributed by atoms with Gasteiger partial charge >= 0.3 is 0 Å². The molecule has 0 aromatic heterocycles. The highest BCUT2D eigenvalue weighted by Crippen LogP contribution is 2.40. The number of hydrogen-bond acceptors (Lipinski definition) is 5. The molecule has 2 heterocycles. The Morgan fingerprint density at radius 1 is 1.14 bits per heavy atom. The van der Waals surface area contributed by atoms with E-state index in [0.717, 1.165) is 41.9 Å². The zero-order chi connectivity index (χ0) is 25.2. The molecule has 35 heavy (non-hydrogen) atoms. The van der Waals surface area contributed by atoms with Gasteiger partial charge < -0.3 is 14.9 Å². The molecule has 0 unspecified atom stereocenters. The van der Waals surface area contributed by atoms with Gasteiger partial charge in [0.1, 0.15) is 19.0 Å². The van der Waals surface area contributed by atoms with Gasteiger partial charge in [0, 0.05) is 31.6 Å². The van der Waals surface area contributed by atoms with Crippen LogP contribution in [0.3, 0.4) is 0 Å². The number of benzene rings is 2. The van der Waals surface area contributed by atoms with Crippen molar-refractivity contribution in [1.29, 1.82) is 0 Å². The van der Waals surface area contributed by atoms with Crippen molar-refractivity contribution in [3.05, 3.63) is 64.7 Å². The summed E-state index contributed by atoms with van der Waals surface area (Å²) in [4.78, 5) is 3.90. The van der Waals surface area contributed by atoms with Crippen LogP contribution in [0.2, 0.25) is 0 Å². The van der Waals surface area contributed by atoms with Crippen LogP contribution in [-0.2, 0) is 6.42 Å². The Balaban J connectivity index is 1.54. The van der Waals surface area contributed by atoms with Crippen molar-refractivity contribution in [2.45, 2.75) is 44.4 Å². The summed E-state index contributed by atoms with van der Waals surface area (Å²) in [6.07, 6.45) is -0.0316. The molecule has 0 saturated carbocycles. The molecular weight excluding hydrogens is 457 g/mol. The molecule has 4 rings (SSSR count). The Morgan fingerprint density at radius 2 is 1.86 bits per heavy atom. The maximum absolute atomic E-state index is 14.3. The number of likely N-dealkylation sites (tertiary alicyclic amines) is 1. The lowest BCUT2D eigenvalue weighted by Gasteiger charge is -2.43. The molecule has 2 aromatic carbocycles. The van der Waals surface area contributed by atoms with Crippen LogP contribution in [0.1, 0.15) is 48.2 Å². The predicted octanol–water partition coefficient (Wildman–Crippen LogP) is 3.98. The molecule has 0 aliphatic carbocycles. The number of aliphatic hydroxyl groups excluding tert-OH is 2. The largest absolute Gasteiger partial charge is 0.492 e. The Morgan fingerprint density at radius 3 is 2.49 bits per heavy atom. The summed E-state index contributed by atoms with van der Waals surface area (Å²) in [6, 6.07) is 12.6. The molecule has 0 amide bonds. The molecule has 2 aromatic rings. The Bertz CT molecular complexity index is 980. The fourth-order valence-electron chi connectivity index (χ4n) is 5.13. The second kappa shape index (κ2) is 10.9. The van der Waals surface area contributed by atoms with E-state index in [1.165, 1.54) is 0 Å². The fraction of sp³-hybridized carbons (Fsp3) is 0.556. The van der Waals surface area contributed by atoms with Crippen molar-refractivity contribution in [2.24, 2.45) is 5.92 Å². The van der Waals surface area contributed by atoms with Crippen LogP contribution in [0.25, 0.3) is 0 Å². The third-order valence-corrected chi connectivity index (χ3v) is 7.13. The van der Waals surface area contributed by atoms with E-state index in [0.29, 0.717) is 18.8 Å². The van der Waals surface area contributed by atoms with Gasteiger partial charge in [-0.2, -0.15) is 0 Å². The second-order valence-electron chi connectivity index (χ2n) is 9.97. The molecule has 0 radical (unpaired) electrons. The number of rotatable bonds is 10. The summed E-state index contributed by atoms with van der Waals surface area (Å²) >= 11 is 0. The third kappa shape index (κ3) is 6.00. The topological polar surface area (TPSA) is 56.2 Å². The molecule has 0 spiro atoms. The first-order valence-electron chi connectivity index (χ1n) is 12.3. The number of ether oxygens (including phenoxy) is 1. The van der Waals surface area contributed by atoms with Crippen molar-refractivity contribution >= 4 is 0 Å². The zero-order valence-electron chi connectivity index (χ0n) is 20.3. The van der Waals surface area contributed by atoms with Crippen LogP contribution >= 0.6 is 0 Å². The van der Waals surface area contributed by atoms with Crippen LogP contribution in [0.4, 0.5) is 13.2 Å². The Kier molecular flexibility index (Phi) is 8.06. The quantitative estimate of drug-likeness (QED) is 0.526. The molecule has 1 saturated heterocycles. The van der Waals surface area contributed by atoms with Crippen LogP contribution in [0.15, 0.2) is 42.5 Å². The molecule has 8 heteroatoms. The number of aliphatic hydroxyl groups is 2. The van der Waals surface area contributed by atoms with Gasteiger partial charge in [-0.05, 0) is 54.7 Å². The lowest BCUT2D eigenvalue weighted by molar-refractivity contribution is -0.0862.